The van der Waals surface area contributed by atoms with Crippen LogP contribution in [0.1, 0.15) is 17.9 Å². The molecule has 1 unspecified atom stereocenters. The third-order valence-electron chi connectivity index (χ3n) is 3.13. The molecule has 104 valence electrons. The van der Waals surface area contributed by atoms with Crippen LogP contribution in [-0.2, 0) is 4.79 Å². The van der Waals surface area contributed by atoms with Crippen LogP contribution in [0.3, 0.4) is 0 Å². The van der Waals surface area contributed by atoms with Gasteiger partial charge in [-0.25, -0.2) is 4.31 Å². The Hall–Kier alpha value is -1.58. The Kier molecular flexibility index (Phi) is 5.84. The molecule has 0 aliphatic carbocycles. The molecule has 2 rings (SSSR count). The van der Waals surface area contributed by atoms with E-state index in [2.05, 4.69) is 35.6 Å². The van der Waals surface area contributed by atoms with Gasteiger partial charge < -0.3 is 4.79 Å². The fourth-order valence-electron chi connectivity index (χ4n) is 2.17. The summed E-state index contributed by atoms with van der Waals surface area (Å²) in [6, 6.07) is 20.5. The molecule has 0 saturated heterocycles. The zero-order chi connectivity index (χ0) is 14.2. The summed E-state index contributed by atoms with van der Waals surface area (Å²) in [6.45, 7) is 0.850. The van der Waals surface area contributed by atoms with Crippen molar-refractivity contribution in [1.29, 1.82) is 0 Å². The second kappa shape index (κ2) is 7.88. The quantitative estimate of drug-likeness (QED) is 0.566. The monoisotopic (exact) mass is 285 g/mol. The molecule has 0 amide bonds. The van der Waals surface area contributed by atoms with Gasteiger partial charge in [0.2, 0.25) is 0 Å². The average molecular weight is 285 g/mol. The minimum atomic E-state index is 0.245. The van der Waals surface area contributed by atoms with Crippen molar-refractivity contribution < 1.29 is 4.79 Å². The average Bonchev–Trinajstić information content (AvgIpc) is 2.49. The predicted octanol–water partition coefficient (Wildman–Crippen LogP) is 4.00. The number of benzene rings is 2. The van der Waals surface area contributed by atoms with Crippen LogP contribution in [0, 0.1) is 0 Å². The molecule has 0 heterocycles. The van der Waals surface area contributed by atoms with Crippen molar-refractivity contribution in [2.45, 2.75) is 17.2 Å². The first-order valence-electron chi connectivity index (χ1n) is 6.72. The lowest BCUT2D eigenvalue weighted by Gasteiger charge is -2.22. The van der Waals surface area contributed by atoms with E-state index in [9.17, 15) is 4.79 Å². The second-order valence-electron chi connectivity index (χ2n) is 4.72. The van der Waals surface area contributed by atoms with Gasteiger partial charge >= 0.3 is 0 Å². The molecular weight excluding hydrogens is 266 g/mol. The van der Waals surface area contributed by atoms with Crippen molar-refractivity contribution in [3.63, 3.8) is 0 Å². The van der Waals surface area contributed by atoms with Crippen LogP contribution in [-0.4, -0.2) is 24.2 Å². The predicted molar refractivity (Wildman–Crippen MR) is 84.8 cm³/mol. The first-order chi connectivity index (χ1) is 9.79. The zero-order valence-electron chi connectivity index (χ0n) is 11.6. The van der Waals surface area contributed by atoms with Crippen molar-refractivity contribution in [3.05, 3.63) is 66.2 Å². The summed E-state index contributed by atoms with van der Waals surface area (Å²) in [6.07, 6.45) is 1.57. The van der Waals surface area contributed by atoms with E-state index in [1.54, 1.807) is 11.9 Å². The first-order valence-corrected chi connectivity index (χ1v) is 7.49. The number of likely N-dealkylation sites (N-methyl/N-ethyl adjacent to an activating group) is 1. The maximum Gasteiger partial charge on any atom is 0.120 e. The number of hydrogen-bond donors (Lipinski definition) is 0. The van der Waals surface area contributed by atoms with Crippen LogP contribution >= 0.6 is 11.9 Å². The van der Waals surface area contributed by atoms with E-state index in [-0.39, 0.29) is 5.92 Å². The van der Waals surface area contributed by atoms with Crippen LogP contribution < -0.4 is 0 Å². The summed E-state index contributed by atoms with van der Waals surface area (Å²) in [5.41, 5.74) is 1.22. The van der Waals surface area contributed by atoms with Crippen molar-refractivity contribution >= 4 is 18.2 Å². The van der Waals surface area contributed by atoms with Crippen molar-refractivity contribution in [2.24, 2.45) is 0 Å². The highest BCUT2D eigenvalue weighted by atomic mass is 32.2. The van der Waals surface area contributed by atoms with E-state index in [0.29, 0.717) is 6.42 Å². The summed E-state index contributed by atoms with van der Waals surface area (Å²) < 4.78 is 2.19. The molecule has 0 saturated carbocycles. The number of carbonyl (C=O) groups is 1. The summed E-state index contributed by atoms with van der Waals surface area (Å²) in [7, 11) is 2.07. The van der Waals surface area contributed by atoms with Crippen LogP contribution in [0.15, 0.2) is 65.6 Å². The van der Waals surface area contributed by atoms with Gasteiger partial charge in [-0.3, -0.25) is 0 Å². The van der Waals surface area contributed by atoms with Gasteiger partial charge in [-0.1, -0.05) is 48.5 Å². The minimum Gasteiger partial charge on any atom is -0.303 e. The smallest absolute Gasteiger partial charge is 0.120 e. The molecule has 0 bridgehead atoms. The zero-order valence-corrected chi connectivity index (χ0v) is 12.4. The standard InChI is InChI=1S/C17H19NOS/c1-18(20-17-10-6-3-7-11-17)14-16(12-13-19)15-8-4-2-5-9-15/h2-11,13,16H,12,14H2,1H3. The van der Waals surface area contributed by atoms with Gasteiger partial charge in [0.1, 0.15) is 6.29 Å². The Morgan fingerprint density at radius 3 is 2.25 bits per heavy atom. The van der Waals surface area contributed by atoms with E-state index < -0.39 is 0 Å². The van der Waals surface area contributed by atoms with E-state index >= 15 is 0 Å². The maximum atomic E-state index is 10.9. The van der Waals surface area contributed by atoms with Gasteiger partial charge in [0.25, 0.3) is 0 Å². The fourth-order valence-corrected chi connectivity index (χ4v) is 3.06. The molecule has 20 heavy (non-hydrogen) atoms. The number of hydrogen-bond acceptors (Lipinski definition) is 3. The summed E-state index contributed by atoms with van der Waals surface area (Å²) in [5.74, 6) is 0.245. The highest BCUT2D eigenvalue weighted by molar-refractivity contribution is 7.97. The van der Waals surface area contributed by atoms with Gasteiger partial charge in [-0.05, 0) is 36.7 Å². The molecular formula is C17H19NOS. The third kappa shape index (κ3) is 4.51. The Morgan fingerprint density at radius 2 is 1.65 bits per heavy atom. The summed E-state index contributed by atoms with van der Waals surface area (Å²) >= 11 is 1.71. The lowest BCUT2D eigenvalue weighted by molar-refractivity contribution is -0.108. The van der Waals surface area contributed by atoms with Gasteiger partial charge in [0.05, 0.1) is 0 Å². The van der Waals surface area contributed by atoms with E-state index in [0.717, 1.165) is 12.8 Å². The summed E-state index contributed by atoms with van der Waals surface area (Å²) in [4.78, 5) is 12.1. The molecule has 0 aliphatic rings. The Labute approximate surface area is 124 Å². The van der Waals surface area contributed by atoms with Gasteiger partial charge in [-0.15, -0.1) is 0 Å². The number of carbonyl (C=O) groups excluding carboxylic acids is 1. The second-order valence-corrected chi connectivity index (χ2v) is 6.00. The summed E-state index contributed by atoms with van der Waals surface area (Å²) in [5, 5.41) is 0. The van der Waals surface area contributed by atoms with Crippen LogP contribution in [0.5, 0.6) is 0 Å². The molecule has 3 heteroatoms. The third-order valence-corrected chi connectivity index (χ3v) is 4.08. The number of rotatable bonds is 7. The Bertz CT molecular complexity index is 515. The van der Waals surface area contributed by atoms with E-state index in [4.69, 9.17) is 0 Å². The lowest BCUT2D eigenvalue weighted by atomic mass is 9.96. The fraction of sp³-hybridized carbons (Fsp3) is 0.235. The molecule has 0 fully saturated rings. The minimum absolute atomic E-state index is 0.245. The molecule has 0 aliphatic heterocycles. The van der Waals surface area contributed by atoms with Crippen LogP contribution in [0.4, 0.5) is 0 Å². The molecule has 2 aromatic rings. The number of aldehydes is 1. The lowest BCUT2D eigenvalue weighted by Crippen LogP contribution is -2.19. The molecule has 2 nitrogen and oxygen atoms in total. The highest BCUT2D eigenvalue weighted by Crippen LogP contribution is 2.26. The highest BCUT2D eigenvalue weighted by Gasteiger charge is 2.14. The van der Waals surface area contributed by atoms with E-state index in [1.807, 2.05) is 36.4 Å². The first kappa shape index (κ1) is 14.8. The van der Waals surface area contributed by atoms with Gasteiger partial charge in [0, 0.05) is 23.8 Å². The van der Waals surface area contributed by atoms with E-state index in [1.165, 1.54) is 10.5 Å². The molecule has 0 aromatic heterocycles. The maximum absolute atomic E-state index is 10.9. The molecule has 1 atom stereocenters. The normalized spacial score (nSPS) is 12.3. The SMILES string of the molecule is CN(CC(CC=O)c1ccccc1)Sc1ccccc1. The van der Waals surface area contributed by atoms with Crippen LogP contribution in [0.2, 0.25) is 0 Å². The Morgan fingerprint density at radius 1 is 1.05 bits per heavy atom. The van der Waals surface area contributed by atoms with Crippen molar-refractivity contribution in [3.8, 4) is 0 Å². The van der Waals surface area contributed by atoms with Crippen LogP contribution in [0.25, 0.3) is 0 Å². The topological polar surface area (TPSA) is 20.3 Å². The molecule has 2 aromatic carbocycles. The molecule has 0 spiro atoms. The van der Waals surface area contributed by atoms with Crippen molar-refractivity contribution in [1.82, 2.24) is 4.31 Å². The van der Waals surface area contributed by atoms with Gasteiger partial charge in [-0.2, -0.15) is 0 Å². The number of nitrogens with zero attached hydrogens (tertiary/aromatic N) is 1. The molecule has 0 radical (unpaired) electrons. The Balaban J connectivity index is 1.99. The van der Waals surface area contributed by atoms with Crippen molar-refractivity contribution in [2.75, 3.05) is 13.6 Å². The van der Waals surface area contributed by atoms with Gasteiger partial charge in [0.15, 0.2) is 0 Å². The molecule has 0 N–H and O–H groups in total. The largest absolute Gasteiger partial charge is 0.303 e.